The van der Waals surface area contributed by atoms with Gasteiger partial charge in [0.05, 0.1) is 13.1 Å². The molecule has 25 nitrogen and oxygen atoms in total. The Kier molecular flexibility index (Phi) is 28.0. The second kappa shape index (κ2) is 32.1. The fourth-order valence-corrected chi connectivity index (χ4v) is 6.54. The highest BCUT2D eigenvalue weighted by atomic mass is 32.1. The van der Waals surface area contributed by atoms with Gasteiger partial charge in [0, 0.05) is 38.2 Å². The zero-order chi connectivity index (χ0) is 51.3. The number of nitrogens with two attached hydrogens (primary N) is 5. The van der Waals surface area contributed by atoms with Crippen molar-refractivity contribution in [1.82, 2.24) is 48.3 Å². The molecule has 0 saturated heterocycles. The molecule has 0 aliphatic rings. The molecule has 0 aromatic heterocycles. The topological polar surface area (TPSA) is 428 Å². The Labute approximate surface area is 401 Å². The molecule has 1 aromatic carbocycles. The minimum atomic E-state index is -1.34. The van der Waals surface area contributed by atoms with Crippen molar-refractivity contribution in [3.8, 4) is 0 Å². The summed E-state index contributed by atoms with van der Waals surface area (Å²) in [7, 11) is 0. The molecule has 0 heterocycles. The zero-order valence-electron chi connectivity index (χ0n) is 39.1. The molecular formula is C42H71N16O9S. The van der Waals surface area contributed by atoms with Crippen LogP contribution >= 0.6 is 12.6 Å². The van der Waals surface area contributed by atoms with Gasteiger partial charge >= 0.3 is 0 Å². The number of guanidine groups is 2. The van der Waals surface area contributed by atoms with Gasteiger partial charge in [-0.05, 0) is 49.5 Å². The summed E-state index contributed by atoms with van der Waals surface area (Å²) in [6.07, 6.45) is 0.187. The van der Waals surface area contributed by atoms with E-state index in [1.54, 1.807) is 58.0 Å². The lowest BCUT2D eigenvalue weighted by atomic mass is 10.00. The van der Waals surface area contributed by atoms with Gasteiger partial charge in [0.15, 0.2) is 11.9 Å². The molecule has 0 spiro atoms. The summed E-state index contributed by atoms with van der Waals surface area (Å²) in [5, 5.41) is 20.6. The normalized spacial score (nSPS) is 13.5. The van der Waals surface area contributed by atoms with Crippen LogP contribution in [-0.4, -0.2) is 140 Å². The van der Waals surface area contributed by atoms with Crippen LogP contribution in [0.4, 0.5) is 0 Å². The number of thiol groups is 1. The molecule has 1 radical (unpaired) electrons. The second-order valence-electron chi connectivity index (χ2n) is 16.5. The summed E-state index contributed by atoms with van der Waals surface area (Å²) in [5.74, 6) is -7.84. The van der Waals surface area contributed by atoms with E-state index in [2.05, 4.69) is 65.1 Å². The van der Waals surface area contributed by atoms with Gasteiger partial charge in [0.2, 0.25) is 53.2 Å². The molecule has 0 unspecified atom stereocenters. The Hall–Kier alpha value is -6.70. The summed E-state index contributed by atoms with van der Waals surface area (Å²) in [4.78, 5) is 126. The molecule has 0 saturated carbocycles. The van der Waals surface area contributed by atoms with E-state index in [9.17, 15) is 43.2 Å². The smallest absolute Gasteiger partial charge is 0.243 e. The van der Waals surface area contributed by atoms with E-state index in [0.717, 1.165) is 0 Å². The molecule has 1 rings (SSSR count). The summed E-state index contributed by atoms with van der Waals surface area (Å²) in [6.45, 7) is 5.84. The molecule has 26 heteroatoms. The van der Waals surface area contributed by atoms with Crippen LogP contribution in [0.3, 0.4) is 0 Å². The predicted molar refractivity (Wildman–Crippen MR) is 257 cm³/mol. The number of rotatable bonds is 32. The number of primary amides is 1. The Morgan fingerprint density at radius 1 is 0.603 bits per heavy atom. The Morgan fingerprint density at radius 3 is 1.59 bits per heavy atom. The maximum atomic E-state index is 14.2. The molecule has 0 aliphatic carbocycles. The number of hydrogen-bond donors (Lipinski definition) is 14. The van der Waals surface area contributed by atoms with Gasteiger partial charge in [-0.15, -0.1) is 0 Å². The van der Waals surface area contributed by atoms with Crippen molar-refractivity contribution >= 4 is 77.7 Å². The minimum absolute atomic E-state index is 0.00607. The monoisotopic (exact) mass is 976 g/mol. The van der Waals surface area contributed by atoms with E-state index in [0.29, 0.717) is 5.56 Å². The van der Waals surface area contributed by atoms with Crippen molar-refractivity contribution in [3.05, 3.63) is 35.9 Å². The number of hydrogen-bond acceptors (Lipinski definition) is 12. The minimum Gasteiger partial charge on any atom is -0.370 e. The first-order chi connectivity index (χ1) is 32.1. The molecular weight excluding hydrogens is 905 g/mol. The fourth-order valence-electron chi connectivity index (χ4n) is 6.29. The molecule has 0 bridgehead atoms. The molecule has 68 heavy (non-hydrogen) atoms. The first-order valence-corrected chi connectivity index (χ1v) is 22.8. The number of aliphatic imine (C=N–C) groups is 2. The molecule has 0 fully saturated rings. The van der Waals surface area contributed by atoms with E-state index in [1.165, 1.54) is 0 Å². The third-order valence-corrected chi connectivity index (χ3v) is 10.1. The highest BCUT2D eigenvalue weighted by molar-refractivity contribution is 7.80. The maximum Gasteiger partial charge on any atom is 0.243 e. The van der Waals surface area contributed by atoms with Crippen LogP contribution in [0, 0.1) is 11.8 Å². The number of carbonyl (C=O) groups is 9. The van der Waals surface area contributed by atoms with Crippen molar-refractivity contribution in [2.24, 2.45) is 50.5 Å². The highest BCUT2D eigenvalue weighted by Crippen LogP contribution is 2.11. The van der Waals surface area contributed by atoms with E-state index < -0.39 is 108 Å². The first kappa shape index (κ1) is 59.3. The number of amides is 9. The van der Waals surface area contributed by atoms with Crippen molar-refractivity contribution in [2.45, 2.75) is 109 Å². The zero-order valence-corrected chi connectivity index (χ0v) is 40.0. The quantitative estimate of drug-likeness (QED) is 0.0140. The average molecular weight is 976 g/mol. The maximum absolute atomic E-state index is 14.2. The van der Waals surface area contributed by atoms with Crippen molar-refractivity contribution < 1.29 is 43.2 Å². The van der Waals surface area contributed by atoms with Crippen LogP contribution in [-0.2, 0) is 49.6 Å². The third kappa shape index (κ3) is 24.7. The van der Waals surface area contributed by atoms with Gasteiger partial charge in [-0.3, -0.25) is 53.1 Å². The van der Waals surface area contributed by atoms with Crippen LogP contribution in [0.5, 0.6) is 0 Å². The van der Waals surface area contributed by atoms with Crippen LogP contribution in [0.2, 0.25) is 0 Å². The van der Waals surface area contributed by atoms with Crippen LogP contribution in [0.25, 0.3) is 0 Å². The summed E-state index contributed by atoms with van der Waals surface area (Å²) in [6, 6.07) is 1.21. The summed E-state index contributed by atoms with van der Waals surface area (Å²) < 4.78 is 0. The Morgan fingerprint density at radius 2 is 1.10 bits per heavy atom. The van der Waals surface area contributed by atoms with E-state index in [-0.39, 0.29) is 88.2 Å². The van der Waals surface area contributed by atoms with Gasteiger partial charge in [0.25, 0.3) is 0 Å². The van der Waals surface area contributed by atoms with Crippen LogP contribution in [0.15, 0.2) is 40.3 Å². The standard InChI is InChI=1S/C42H71N16O9S/c1-23(2)18-28(56-39(66)29(19-25-10-6-5-7-11-25)53-33(61)21-52-32(60)20-43)38(65)55-26(12-8-15-50-41(45)46)36(63)54-27(13-9-16-51-42(47)48)37(64)58-34(24(3)4)40(67)57-30(22-68)35(62)49-17-14-31(44)59/h5-7,10-11,23-24,26-30,34,43,68H,8-9,12-22H2,1-4H3,(H2,44,59)(H,49,62)(H,52,60)(H,53,61)(H,54,63)(H,55,65)(H,56,66)(H,57,67)(H,58,64)(H4,45,46,50)(H4,47,48,51)/t26-,27-,28-,29+,30-,34-/m0/s1. The van der Waals surface area contributed by atoms with Gasteiger partial charge in [0.1, 0.15) is 36.3 Å². The molecule has 0 aliphatic heterocycles. The number of carbonyl (C=O) groups excluding carboxylic acids is 9. The predicted octanol–water partition coefficient (Wildman–Crippen LogP) is -4.73. The fraction of sp³-hybridized carbons (Fsp3) is 0.595. The summed E-state index contributed by atoms with van der Waals surface area (Å²) >= 11 is 4.16. The van der Waals surface area contributed by atoms with Crippen LogP contribution < -0.4 is 76.9 Å². The molecule has 379 valence electrons. The van der Waals surface area contributed by atoms with E-state index in [1.807, 2.05) is 0 Å². The van der Waals surface area contributed by atoms with E-state index >= 15 is 0 Å². The first-order valence-electron chi connectivity index (χ1n) is 22.1. The third-order valence-electron chi connectivity index (χ3n) is 9.77. The number of nitrogens with one attached hydrogen (secondary N) is 9. The Bertz CT molecular complexity index is 1900. The lowest BCUT2D eigenvalue weighted by Crippen LogP contribution is -2.60. The second-order valence-corrected chi connectivity index (χ2v) is 16.8. The molecule has 6 atom stereocenters. The van der Waals surface area contributed by atoms with Crippen molar-refractivity contribution in [2.75, 3.05) is 38.5 Å². The Balaban J connectivity index is 3.50. The van der Waals surface area contributed by atoms with Crippen LogP contribution in [0.1, 0.15) is 71.8 Å². The number of benzene rings is 1. The van der Waals surface area contributed by atoms with E-state index in [4.69, 9.17) is 34.4 Å². The van der Waals surface area contributed by atoms with Crippen molar-refractivity contribution in [3.63, 3.8) is 0 Å². The van der Waals surface area contributed by atoms with Crippen molar-refractivity contribution in [1.29, 1.82) is 0 Å². The lowest BCUT2D eigenvalue weighted by molar-refractivity contribution is -0.136. The molecule has 19 N–H and O–H groups in total. The SMILES string of the molecule is CC(C)C[C@H](NC(=O)[C@@H](Cc1ccccc1)NC(=O)CNC(=O)C[NH])C(=O)N[C@@H](CCCN=C(N)N)C(=O)N[C@@H](CCCN=C(N)N)C(=O)N[C@H](C(=O)N[C@@H](CS)C(=O)NCCC(N)=O)C(C)C. The summed E-state index contributed by atoms with van der Waals surface area (Å²) in [5.41, 5.74) is 35.0. The van der Waals surface area contributed by atoms with Gasteiger partial charge in [-0.2, -0.15) is 12.6 Å². The van der Waals surface area contributed by atoms with Gasteiger partial charge in [-0.1, -0.05) is 58.0 Å². The highest BCUT2D eigenvalue weighted by Gasteiger charge is 2.34. The number of nitrogens with zero attached hydrogens (tertiary/aromatic N) is 2. The van der Waals surface area contributed by atoms with Gasteiger partial charge in [-0.25, -0.2) is 5.73 Å². The molecule has 1 aromatic rings. The largest absolute Gasteiger partial charge is 0.370 e. The van der Waals surface area contributed by atoms with Gasteiger partial charge < -0.3 is 71.2 Å². The average Bonchev–Trinajstić information content (AvgIpc) is 3.27. The lowest BCUT2D eigenvalue weighted by Gasteiger charge is -2.29. The molecule has 9 amide bonds.